The van der Waals surface area contributed by atoms with E-state index in [1.165, 1.54) is 17.1 Å². The van der Waals surface area contributed by atoms with Crippen LogP contribution in [0.5, 0.6) is 5.75 Å². The van der Waals surface area contributed by atoms with E-state index in [2.05, 4.69) is 9.59 Å². The minimum absolute atomic E-state index is 0.486. The van der Waals surface area contributed by atoms with Gasteiger partial charge in [-0.25, -0.2) is 0 Å². The van der Waals surface area contributed by atoms with Crippen LogP contribution < -0.4 is 4.74 Å². The third-order valence-corrected chi connectivity index (χ3v) is 2.37. The summed E-state index contributed by atoms with van der Waals surface area (Å²) in [6.07, 6.45) is 0. The molecule has 1 aromatic carbocycles. The molecular formula is C10H10N2OS. The first-order valence-electron chi connectivity index (χ1n) is 4.30. The number of rotatable bonds is 3. The number of ether oxygens (including phenoxy) is 1. The third-order valence-electron chi connectivity index (χ3n) is 1.81. The molecule has 3 nitrogen and oxygen atoms in total. The monoisotopic (exact) mass is 206 g/mol. The predicted molar refractivity (Wildman–Crippen MR) is 55.4 cm³/mol. The van der Waals surface area contributed by atoms with Gasteiger partial charge in [-0.15, -0.1) is 5.10 Å². The van der Waals surface area contributed by atoms with Crippen LogP contribution in [0.15, 0.2) is 29.6 Å². The first-order chi connectivity index (χ1) is 6.84. The molecule has 4 heteroatoms. The van der Waals surface area contributed by atoms with Crippen LogP contribution in [0, 0.1) is 6.92 Å². The number of aryl methyl sites for hydroxylation is 1. The van der Waals surface area contributed by atoms with Gasteiger partial charge in [0.2, 0.25) is 0 Å². The van der Waals surface area contributed by atoms with Crippen molar-refractivity contribution in [3.8, 4) is 5.75 Å². The van der Waals surface area contributed by atoms with Crippen LogP contribution in [0.1, 0.15) is 11.3 Å². The normalized spacial score (nSPS) is 10.1. The van der Waals surface area contributed by atoms with Crippen molar-refractivity contribution in [1.29, 1.82) is 0 Å². The van der Waals surface area contributed by atoms with Crippen molar-refractivity contribution in [3.63, 3.8) is 0 Å². The smallest absolute Gasteiger partial charge is 0.133 e. The number of hydrogen-bond acceptors (Lipinski definition) is 4. The highest BCUT2D eigenvalue weighted by Gasteiger charge is 1.97. The number of hydrogen-bond donors (Lipinski definition) is 0. The Hall–Kier alpha value is -1.42. The van der Waals surface area contributed by atoms with Crippen LogP contribution in [-0.4, -0.2) is 9.59 Å². The van der Waals surface area contributed by atoms with Crippen molar-refractivity contribution < 1.29 is 4.74 Å². The van der Waals surface area contributed by atoms with E-state index in [0.29, 0.717) is 6.61 Å². The number of aromatic nitrogens is 2. The second-order valence-corrected chi connectivity index (χ2v) is 3.61. The lowest BCUT2D eigenvalue weighted by molar-refractivity contribution is 0.301. The van der Waals surface area contributed by atoms with Crippen LogP contribution in [0.25, 0.3) is 0 Å². The molecule has 0 saturated heterocycles. The fraction of sp³-hybridized carbons (Fsp3) is 0.200. The summed E-state index contributed by atoms with van der Waals surface area (Å²) < 4.78 is 9.27. The fourth-order valence-electron chi connectivity index (χ4n) is 1.04. The van der Waals surface area contributed by atoms with E-state index in [1.54, 1.807) is 0 Å². The Morgan fingerprint density at radius 3 is 2.71 bits per heavy atom. The highest BCUT2D eigenvalue weighted by molar-refractivity contribution is 7.03. The molecule has 2 rings (SSSR count). The van der Waals surface area contributed by atoms with Crippen LogP contribution in [-0.2, 0) is 6.61 Å². The summed E-state index contributed by atoms with van der Waals surface area (Å²) in [5.74, 6) is 0.864. The largest absolute Gasteiger partial charge is 0.487 e. The van der Waals surface area contributed by atoms with E-state index in [1.807, 2.05) is 36.6 Å². The highest BCUT2D eigenvalue weighted by atomic mass is 32.1. The highest BCUT2D eigenvalue weighted by Crippen LogP contribution is 2.13. The van der Waals surface area contributed by atoms with E-state index in [9.17, 15) is 0 Å². The van der Waals surface area contributed by atoms with Gasteiger partial charge in [-0.05, 0) is 30.6 Å². The molecule has 0 N–H and O–H groups in total. The van der Waals surface area contributed by atoms with E-state index < -0.39 is 0 Å². The summed E-state index contributed by atoms with van der Waals surface area (Å²) in [5.41, 5.74) is 2.10. The van der Waals surface area contributed by atoms with Gasteiger partial charge in [0.1, 0.15) is 18.1 Å². The molecule has 2 aromatic rings. The van der Waals surface area contributed by atoms with Crippen LogP contribution in [0.2, 0.25) is 0 Å². The average Bonchev–Trinajstić information content (AvgIpc) is 2.70. The molecule has 0 amide bonds. The zero-order chi connectivity index (χ0) is 9.80. The lowest BCUT2D eigenvalue weighted by Crippen LogP contribution is -1.95. The van der Waals surface area contributed by atoms with Gasteiger partial charge in [-0.1, -0.05) is 22.2 Å². The summed E-state index contributed by atoms with van der Waals surface area (Å²) in [6, 6.07) is 7.95. The lowest BCUT2D eigenvalue weighted by atomic mass is 10.2. The molecule has 0 spiro atoms. The van der Waals surface area contributed by atoms with E-state index in [0.717, 1.165) is 11.4 Å². The SMILES string of the molecule is Cc1ccc(OCc2csnn2)cc1. The second kappa shape index (κ2) is 4.19. The first-order valence-corrected chi connectivity index (χ1v) is 5.13. The molecule has 1 aromatic heterocycles. The Morgan fingerprint density at radius 1 is 1.29 bits per heavy atom. The Kier molecular flexibility index (Phi) is 2.74. The van der Waals surface area contributed by atoms with Crippen molar-refractivity contribution in [1.82, 2.24) is 9.59 Å². The molecule has 0 aliphatic carbocycles. The minimum atomic E-state index is 0.486. The summed E-state index contributed by atoms with van der Waals surface area (Å²) in [4.78, 5) is 0. The Labute approximate surface area is 86.5 Å². The van der Waals surface area contributed by atoms with Gasteiger partial charge in [-0.3, -0.25) is 0 Å². The molecular weight excluding hydrogens is 196 g/mol. The maximum Gasteiger partial charge on any atom is 0.133 e. The van der Waals surface area contributed by atoms with E-state index >= 15 is 0 Å². The zero-order valence-electron chi connectivity index (χ0n) is 7.80. The van der Waals surface area contributed by atoms with Crippen LogP contribution >= 0.6 is 11.5 Å². The quantitative estimate of drug-likeness (QED) is 0.773. The maximum atomic E-state index is 5.51. The molecule has 0 unspecified atom stereocenters. The molecule has 0 fully saturated rings. The van der Waals surface area contributed by atoms with Crippen LogP contribution in [0.3, 0.4) is 0 Å². The van der Waals surface area contributed by atoms with Gasteiger partial charge in [0.25, 0.3) is 0 Å². The van der Waals surface area contributed by atoms with Gasteiger partial charge < -0.3 is 4.74 Å². The summed E-state index contributed by atoms with van der Waals surface area (Å²) in [5, 5.41) is 5.78. The Morgan fingerprint density at radius 2 is 2.07 bits per heavy atom. The molecule has 72 valence electrons. The number of nitrogens with zero attached hydrogens (tertiary/aromatic N) is 2. The summed E-state index contributed by atoms with van der Waals surface area (Å²) in [6.45, 7) is 2.54. The van der Waals surface area contributed by atoms with E-state index in [4.69, 9.17) is 4.74 Å². The standard InChI is InChI=1S/C10H10N2OS/c1-8-2-4-10(5-3-8)13-6-9-7-14-12-11-9/h2-5,7H,6H2,1H3. The van der Waals surface area contributed by atoms with Gasteiger partial charge >= 0.3 is 0 Å². The van der Waals surface area contributed by atoms with Gasteiger partial charge in [0.05, 0.1) is 0 Å². The van der Waals surface area contributed by atoms with Gasteiger partial charge in [0, 0.05) is 5.38 Å². The number of benzene rings is 1. The topological polar surface area (TPSA) is 35.0 Å². The molecule has 0 atom stereocenters. The van der Waals surface area contributed by atoms with Crippen molar-refractivity contribution in [2.75, 3.05) is 0 Å². The van der Waals surface area contributed by atoms with Crippen LogP contribution in [0.4, 0.5) is 0 Å². The molecule has 0 radical (unpaired) electrons. The van der Waals surface area contributed by atoms with Crippen molar-refractivity contribution in [3.05, 3.63) is 40.9 Å². The minimum Gasteiger partial charge on any atom is -0.487 e. The van der Waals surface area contributed by atoms with Gasteiger partial charge in [0.15, 0.2) is 0 Å². The lowest BCUT2D eigenvalue weighted by Gasteiger charge is -2.03. The molecule has 0 saturated carbocycles. The zero-order valence-corrected chi connectivity index (χ0v) is 8.62. The van der Waals surface area contributed by atoms with Crippen molar-refractivity contribution >= 4 is 11.5 Å². The Balaban J connectivity index is 1.95. The third kappa shape index (κ3) is 2.29. The molecule has 1 heterocycles. The van der Waals surface area contributed by atoms with Crippen molar-refractivity contribution in [2.24, 2.45) is 0 Å². The summed E-state index contributed by atoms with van der Waals surface area (Å²) >= 11 is 1.34. The summed E-state index contributed by atoms with van der Waals surface area (Å²) in [7, 11) is 0. The second-order valence-electron chi connectivity index (χ2n) is 3.00. The fourth-order valence-corrected chi connectivity index (χ4v) is 1.47. The van der Waals surface area contributed by atoms with Gasteiger partial charge in [-0.2, -0.15) is 0 Å². The Bertz CT molecular complexity index is 383. The van der Waals surface area contributed by atoms with E-state index in [-0.39, 0.29) is 0 Å². The molecule has 0 aliphatic rings. The maximum absolute atomic E-state index is 5.51. The van der Waals surface area contributed by atoms with Crippen molar-refractivity contribution in [2.45, 2.75) is 13.5 Å². The average molecular weight is 206 g/mol. The molecule has 14 heavy (non-hydrogen) atoms. The molecule has 0 aliphatic heterocycles. The first kappa shape index (κ1) is 9.15. The molecule has 0 bridgehead atoms. The predicted octanol–water partition coefficient (Wildman–Crippen LogP) is 2.43.